The number of aliphatic carboxylic acids is 1. The second-order valence-corrected chi connectivity index (χ2v) is 5.85. The fraction of sp³-hybridized carbons (Fsp3) is 0.200. The molecule has 0 aliphatic rings. The number of aromatic nitrogens is 1. The van der Waals surface area contributed by atoms with E-state index in [1.807, 2.05) is 6.92 Å². The molecule has 6 heteroatoms. The zero-order valence-corrected chi connectivity index (χ0v) is 14.2. The number of carboxylic acid groups (broad SMARTS) is 1. The minimum atomic E-state index is -0.881. The minimum Gasteiger partial charge on any atom is -0.493 e. The first kappa shape index (κ1) is 17.7. The van der Waals surface area contributed by atoms with Gasteiger partial charge in [0.1, 0.15) is 17.3 Å². The van der Waals surface area contributed by atoms with Crippen LogP contribution in [0.3, 0.4) is 0 Å². The van der Waals surface area contributed by atoms with Gasteiger partial charge in [-0.15, -0.1) is 0 Å². The lowest BCUT2D eigenvalue weighted by Crippen LogP contribution is -2.04. The molecule has 0 spiro atoms. The average Bonchev–Trinajstić information content (AvgIpc) is 2.96. The molecule has 5 nitrogen and oxygen atoms in total. The van der Waals surface area contributed by atoms with Gasteiger partial charge in [0.2, 0.25) is 5.89 Å². The lowest BCUT2D eigenvalue weighted by Gasteiger charge is -2.06. The predicted octanol–water partition coefficient (Wildman–Crippen LogP) is 4.04. The Hall–Kier alpha value is -3.15. The second kappa shape index (κ2) is 7.82. The molecular formula is C20H18FNO4. The van der Waals surface area contributed by atoms with Crippen molar-refractivity contribution in [2.75, 3.05) is 6.61 Å². The molecule has 1 N–H and O–H groups in total. The molecule has 3 rings (SSSR count). The smallest absolute Gasteiger partial charge is 0.307 e. The molecule has 0 aliphatic heterocycles. The van der Waals surface area contributed by atoms with Gasteiger partial charge in [0.15, 0.2) is 0 Å². The summed E-state index contributed by atoms with van der Waals surface area (Å²) in [6.45, 7) is 2.20. The Bertz CT molecular complexity index is 902. The minimum absolute atomic E-state index is 0.0410. The van der Waals surface area contributed by atoms with Crippen molar-refractivity contribution in [2.24, 2.45) is 0 Å². The lowest BCUT2D eigenvalue weighted by molar-refractivity contribution is -0.136. The highest BCUT2D eigenvalue weighted by Crippen LogP contribution is 2.22. The van der Waals surface area contributed by atoms with Gasteiger partial charge in [-0.3, -0.25) is 4.79 Å². The number of oxazole rings is 1. The summed E-state index contributed by atoms with van der Waals surface area (Å²) in [6, 6.07) is 13.0. The van der Waals surface area contributed by atoms with Crippen LogP contribution in [0.1, 0.15) is 17.0 Å². The molecule has 1 aromatic heterocycles. The third kappa shape index (κ3) is 4.47. The Morgan fingerprint density at radius 3 is 2.73 bits per heavy atom. The van der Waals surface area contributed by atoms with E-state index in [-0.39, 0.29) is 12.2 Å². The van der Waals surface area contributed by atoms with Crippen molar-refractivity contribution in [1.29, 1.82) is 0 Å². The number of benzene rings is 2. The molecule has 0 amide bonds. The fourth-order valence-corrected chi connectivity index (χ4v) is 2.56. The van der Waals surface area contributed by atoms with Crippen LogP contribution in [0.15, 0.2) is 52.9 Å². The lowest BCUT2D eigenvalue weighted by atomic mass is 10.1. The van der Waals surface area contributed by atoms with Crippen LogP contribution in [0.4, 0.5) is 4.39 Å². The number of rotatable bonds is 7. The quantitative estimate of drug-likeness (QED) is 0.692. The maximum atomic E-state index is 13.0. The van der Waals surface area contributed by atoms with Gasteiger partial charge >= 0.3 is 5.97 Å². The van der Waals surface area contributed by atoms with Crippen molar-refractivity contribution in [2.45, 2.75) is 19.8 Å². The van der Waals surface area contributed by atoms with Crippen LogP contribution in [0.2, 0.25) is 0 Å². The standard InChI is InChI=1S/C20H18FNO4/c1-13-18(22-20(26-13)15-5-7-16(21)8-6-15)9-10-25-17-4-2-3-14(11-17)12-19(23)24/h2-8,11H,9-10,12H2,1H3,(H,23,24). The van der Waals surface area contributed by atoms with E-state index < -0.39 is 5.97 Å². The molecule has 2 aromatic carbocycles. The van der Waals surface area contributed by atoms with Crippen LogP contribution in [-0.4, -0.2) is 22.7 Å². The molecule has 0 fully saturated rings. The van der Waals surface area contributed by atoms with E-state index in [4.69, 9.17) is 14.3 Å². The van der Waals surface area contributed by atoms with Crippen molar-refractivity contribution < 1.29 is 23.4 Å². The zero-order chi connectivity index (χ0) is 18.5. The number of ether oxygens (including phenoxy) is 1. The zero-order valence-electron chi connectivity index (χ0n) is 14.2. The number of nitrogens with zero attached hydrogens (tertiary/aromatic N) is 1. The maximum Gasteiger partial charge on any atom is 0.307 e. The third-order valence-electron chi connectivity index (χ3n) is 3.85. The SMILES string of the molecule is Cc1oc(-c2ccc(F)cc2)nc1CCOc1cccc(CC(=O)O)c1. The average molecular weight is 355 g/mol. The molecule has 1 heterocycles. The van der Waals surface area contributed by atoms with Gasteiger partial charge in [0, 0.05) is 12.0 Å². The highest BCUT2D eigenvalue weighted by molar-refractivity contribution is 5.70. The Kier molecular flexibility index (Phi) is 5.31. The van der Waals surface area contributed by atoms with Crippen LogP contribution in [0.25, 0.3) is 11.5 Å². The highest BCUT2D eigenvalue weighted by Gasteiger charge is 2.12. The van der Waals surface area contributed by atoms with Crippen LogP contribution in [0.5, 0.6) is 5.75 Å². The first-order valence-corrected chi connectivity index (χ1v) is 8.17. The van der Waals surface area contributed by atoms with E-state index in [1.54, 1.807) is 36.4 Å². The number of hydrogen-bond acceptors (Lipinski definition) is 4. The second-order valence-electron chi connectivity index (χ2n) is 5.85. The van der Waals surface area contributed by atoms with Crippen LogP contribution < -0.4 is 4.74 Å². The number of carboxylic acids is 1. The van der Waals surface area contributed by atoms with Gasteiger partial charge < -0.3 is 14.3 Å². The topological polar surface area (TPSA) is 72.6 Å². The maximum absolute atomic E-state index is 13.0. The number of carbonyl (C=O) groups is 1. The van der Waals surface area contributed by atoms with Gasteiger partial charge in [-0.25, -0.2) is 9.37 Å². The molecule has 3 aromatic rings. The molecule has 26 heavy (non-hydrogen) atoms. The number of halogens is 1. The van der Waals surface area contributed by atoms with Crippen LogP contribution in [0, 0.1) is 12.7 Å². The number of hydrogen-bond donors (Lipinski definition) is 1. The van der Waals surface area contributed by atoms with E-state index in [0.717, 1.165) is 5.69 Å². The van der Waals surface area contributed by atoms with E-state index in [9.17, 15) is 9.18 Å². The molecule has 0 bridgehead atoms. The summed E-state index contributed by atoms with van der Waals surface area (Å²) < 4.78 is 24.4. The van der Waals surface area contributed by atoms with Gasteiger partial charge in [0.25, 0.3) is 0 Å². The van der Waals surface area contributed by atoms with Gasteiger partial charge in [-0.1, -0.05) is 12.1 Å². The monoisotopic (exact) mass is 355 g/mol. The Balaban J connectivity index is 1.62. The van der Waals surface area contributed by atoms with Crippen molar-refractivity contribution in [3.63, 3.8) is 0 Å². The Morgan fingerprint density at radius 2 is 2.00 bits per heavy atom. The van der Waals surface area contributed by atoms with E-state index in [2.05, 4.69) is 4.98 Å². The summed E-state index contributed by atoms with van der Waals surface area (Å²) in [4.78, 5) is 15.2. The van der Waals surface area contributed by atoms with Gasteiger partial charge in [-0.05, 0) is 48.9 Å². The van der Waals surface area contributed by atoms with Crippen LogP contribution >= 0.6 is 0 Å². The van der Waals surface area contributed by atoms with E-state index >= 15 is 0 Å². The predicted molar refractivity (Wildman–Crippen MR) is 93.6 cm³/mol. The molecule has 0 atom stereocenters. The molecular weight excluding hydrogens is 337 g/mol. The van der Waals surface area contributed by atoms with Crippen molar-refractivity contribution in [3.8, 4) is 17.2 Å². The number of aryl methyl sites for hydroxylation is 1. The van der Waals surface area contributed by atoms with E-state index in [1.165, 1.54) is 12.1 Å². The first-order chi connectivity index (χ1) is 12.5. The molecule has 0 unspecified atom stereocenters. The van der Waals surface area contributed by atoms with E-state index in [0.29, 0.717) is 41.6 Å². The third-order valence-corrected chi connectivity index (χ3v) is 3.85. The summed E-state index contributed by atoms with van der Waals surface area (Å²) >= 11 is 0. The Morgan fingerprint density at radius 1 is 1.23 bits per heavy atom. The first-order valence-electron chi connectivity index (χ1n) is 8.17. The summed E-state index contributed by atoms with van der Waals surface area (Å²) in [7, 11) is 0. The summed E-state index contributed by atoms with van der Waals surface area (Å²) in [5.74, 6) is 0.557. The van der Waals surface area contributed by atoms with Crippen molar-refractivity contribution in [3.05, 3.63) is 71.4 Å². The summed E-state index contributed by atoms with van der Waals surface area (Å²) in [6.07, 6.45) is 0.500. The fourth-order valence-electron chi connectivity index (χ4n) is 2.56. The molecule has 0 aliphatic carbocycles. The normalized spacial score (nSPS) is 10.7. The van der Waals surface area contributed by atoms with Gasteiger partial charge in [-0.2, -0.15) is 0 Å². The molecule has 134 valence electrons. The van der Waals surface area contributed by atoms with Crippen molar-refractivity contribution >= 4 is 5.97 Å². The summed E-state index contributed by atoms with van der Waals surface area (Å²) in [5.41, 5.74) is 2.17. The van der Waals surface area contributed by atoms with Crippen LogP contribution in [-0.2, 0) is 17.6 Å². The van der Waals surface area contributed by atoms with Crippen molar-refractivity contribution in [1.82, 2.24) is 4.98 Å². The largest absolute Gasteiger partial charge is 0.493 e. The Labute approximate surface area is 150 Å². The highest BCUT2D eigenvalue weighted by atomic mass is 19.1. The molecule has 0 radical (unpaired) electrons. The molecule has 0 saturated carbocycles. The summed E-state index contributed by atoms with van der Waals surface area (Å²) in [5, 5.41) is 8.84. The molecule has 0 saturated heterocycles. The van der Waals surface area contributed by atoms with Gasteiger partial charge in [0.05, 0.1) is 18.7 Å².